The Labute approximate surface area is 123 Å². The summed E-state index contributed by atoms with van der Waals surface area (Å²) in [6.45, 7) is 0. The third-order valence-electron chi connectivity index (χ3n) is 2.15. The van der Waals surface area contributed by atoms with Crippen molar-refractivity contribution in [3.63, 3.8) is 0 Å². The van der Waals surface area contributed by atoms with Crippen LogP contribution in [0.1, 0.15) is 0 Å². The van der Waals surface area contributed by atoms with Gasteiger partial charge in [-0.15, -0.1) is 0 Å². The summed E-state index contributed by atoms with van der Waals surface area (Å²) in [7, 11) is -3.65. The van der Waals surface area contributed by atoms with E-state index in [1.54, 1.807) is 0 Å². The fourth-order valence-corrected chi connectivity index (χ4v) is 3.89. The van der Waals surface area contributed by atoms with E-state index in [4.69, 9.17) is 23.2 Å². The van der Waals surface area contributed by atoms with E-state index in [1.807, 2.05) is 0 Å². The van der Waals surface area contributed by atoms with Crippen LogP contribution in [0.25, 0.3) is 0 Å². The van der Waals surface area contributed by atoms with Crippen molar-refractivity contribution in [2.75, 3.05) is 0 Å². The smallest absolute Gasteiger partial charge is 0.206 e. The molecule has 0 spiro atoms. The number of pyridine rings is 1. The van der Waals surface area contributed by atoms with Gasteiger partial charge in [-0.1, -0.05) is 23.2 Å². The summed E-state index contributed by atoms with van der Waals surface area (Å²) >= 11 is 14.7. The highest BCUT2D eigenvalue weighted by Gasteiger charge is 2.19. The van der Waals surface area contributed by atoms with E-state index in [0.717, 1.165) is 0 Å². The average molecular weight is 367 g/mol. The molecule has 0 unspecified atom stereocenters. The third kappa shape index (κ3) is 2.85. The van der Waals surface area contributed by atoms with Crippen molar-refractivity contribution < 1.29 is 8.42 Å². The number of hydrogen-bond donors (Lipinski definition) is 0. The van der Waals surface area contributed by atoms with Crippen LogP contribution in [0.15, 0.2) is 50.9 Å². The van der Waals surface area contributed by atoms with Crippen molar-refractivity contribution in [2.24, 2.45) is 0 Å². The zero-order valence-electron chi connectivity index (χ0n) is 8.77. The normalized spacial score (nSPS) is 11.5. The third-order valence-corrected chi connectivity index (χ3v) is 4.76. The number of hydrogen-bond acceptors (Lipinski definition) is 3. The van der Waals surface area contributed by atoms with Crippen LogP contribution in [-0.4, -0.2) is 13.4 Å². The Morgan fingerprint density at radius 3 is 2.17 bits per heavy atom. The molecule has 0 N–H and O–H groups in total. The quantitative estimate of drug-likeness (QED) is 0.755. The van der Waals surface area contributed by atoms with Crippen LogP contribution in [0.3, 0.4) is 0 Å². The molecule has 0 saturated heterocycles. The highest BCUT2D eigenvalue weighted by Crippen LogP contribution is 2.27. The van der Waals surface area contributed by atoms with Gasteiger partial charge in [-0.3, -0.25) is 0 Å². The first-order chi connectivity index (χ1) is 8.39. The first-order valence-electron chi connectivity index (χ1n) is 4.72. The topological polar surface area (TPSA) is 47.0 Å². The second-order valence-electron chi connectivity index (χ2n) is 3.42. The molecule has 94 valence electrons. The molecule has 1 heterocycles. The lowest BCUT2D eigenvalue weighted by Gasteiger charge is -2.06. The second kappa shape index (κ2) is 5.17. The molecule has 2 rings (SSSR count). The molecule has 0 bridgehead atoms. The first-order valence-corrected chi connectivity index (χ1v) is 7.75. The lowest BCUT2D eigenvalue weighted by atomic mass is 10.4. The monoisotopic (exact) mass is 365 g/mol. The SMILES string of the molecule is O=S(=O)(c1cc(Cl)cc(Cl)c1)c1ccnc(Br)c1. The van der Waals surface area contributed by atoms with Gasteiger partial charge in [0.25, 0.3) is 0 Å². The zero-order valence-corrected chi connectivity index (χ0v) is 12.7. The van der Waals surface area contributed by atoms with Crippen molar-refractivity contribution in [2.45, 2.75) is 9.79 Å². The van der Waals surface area contributed by atoms with Crippen molar-refractivity contribution in [3.05, 3.63) is 51.2 Å². The maximum atomic E-state index is 12.3. The van der Waals surface area contributed by atoms with Gasteiger partial charge in [-0.25, -0.2) is 13.4 Å². The predicted molar refractivity (Wildman–Crippen MR) is 73.9 cm³/mol. The molecule has 1 aromatic heterocycles. The van der Waals surface area contributed by atoms with Crippen molar-refractivity contribution in [1.29, 1.82) is 0 Å². The minimum absolute atomic E-state index is 0.0538. The Bertz CT molecular complexity index is 684. The van der Waals surface area contributed by atoms with Gasteiger partial charge in [-0.05, 0) is 46.3 Å². The van der Waals surface area contributed by atoms with Gasteiger partial charge in [0, 0.05) is 16.2 Å². The molecule has 18 heavy (non-hydrogen) atoms. The maximum Gasteiger partial charge on any atom is 0.206 e. The lowest BCUT2D eigenvalue weighted by Crippen LogP contribution is -2.02. The number of nitrogens with zero attached hydrogens (tertiary/aromatic N) is 1. The van der Waals surface area contributed by atoms with Crippen LogP contribution in [0.5, 0.6) is 0 Å². The summed E-state index contributed by atoms with van der Waals surface area (Å²) in [5.41, 5.74) is 0. The van der Waals surface area contributed by atoms with Gasteiger partial charge in [0.2, 0.25) is 9.84 Å². The van der Waals surface area contributed by atoms with Crippen molar-refractivity contribution in [1.82, 2.24) is 4.98 Å². The molecule has 7 heteroatoms. The van der Waals surface area contributed by atoms with Crippen LogP contribution in [0, 0.1) is 0 Å². The van der Waals surface area contributed by atoms with E-state index >= 15 is 0 Å². The summed E-state index contributed by atoms with van der Waals surface area (Å²) in [5.74, 6) is 0. The Hall–Kier alpha value is -0.620. The van der Waals surface area contributed by atoms with Gasteiger partial charge >= 0.3 is 0 Å². The van der Waals surface area contributed by atoms with E-state index in [9.17, 15) is 8.42 Å². The summed E-state index contributed by atoms with van der Waals surface area (Å²) in [6.07, 6.45) is 1.41. The predicted octanol–water partition coefficient (Wildman–Crippen LogP) is 3.98. The second-order valence-corrected chi connectivity index (χ2v) is 7.06. The van der Waals surface area contributed by atoms with Crippen LogP contribution in [-0.2, 0) is 9.84 Å². The Morgan fingerprint density at radius 2 is 1.61 bits per heavy atom. The molecule has 0 aliphatic rings. The molecular weight excluding hydrogens is 361 g/mol. The number of benzene rings is 1. The van der Waals surface area contributed by atoms with Gasteiger partial charge in [-0.2, -0.15) is 0 Å². The fraction of sp³-hybridized carbons (Fsp3) is 0. The van der Waals surface area contributed by atoms with E-state index in [2.05, 4.69) is 20.9 Å². The highest BCUT2D eigenvalue weighted by atomic mass is 79.9. The molecule has 0 fully saturated rings. The first kappa shape index (κ1) is 13.8. The molecule has 0 saturated carbocycles. The van der Waals surface area contributed by atoms with Crippen molar-refractivity contribution >= 4 is 49.0 Å². The van der Waals surface area contributed by atoms with E-state index in [0.29, 0.717) is 4.60 Å². The van der Waals surface area contributed by atoms with E-state index < -0.39 is 9.84 Å². The molecule has 3 nitrogen and oxygen atoms in total. The minimum Gasteiger partial charge on any atom is -0.249 e. The van der Waals surface area contributed by atoms with Crippen LogP contribution < -0.4 is 0 Å². The van der Waals surface area contributed by atoms with E-state index in [-0.39, 0.29) is 19.8 Å². The number of rotatable bonds is 2. The molecule has 0 aliphatic carbocycles. The summed E-state index contributed by atoms with van der Waals surface area (Å²) < 4.78 is 25.1. The maximum absolute atomic E-state index is 12.3. The molecule has 1 aromatic carbocycles. The average Bonchev–Trinajstić information content (AvgIpc) is 2.27. The zero-order chi connectivity index (χ0) is 13.3. The molecule has 0 aliphatic heterocycles. The highest BCUT2D eigenvalue weighted by molar-refractivity contribution is 9.10. The van der Waals surface area contributed by atoms with Crippen LogP contribution >= 0.6 is 39.1 Å². The Balaban J connectivity index is 2.61. The molecule has 0 amide bonds. The minimum atomic E-state index is -3.65. The van der Waals surface area contributed by atoms with Crippen LogP contribution in [0.4, 0.5) is 0 Å². The number of aromatic nitrogens is 1. The summed E-state index contributed by atoms with van der Waals surface area (Å²) in [6, 6.07) is 7.03. The fourth-order valence-electron chi connectivity index (χ4n) is 1.37. The Kier molecular flexibility index (Phi) is 3.96. The van der Waals surface area contributed by atoms with Crippen molar-refractivity contribution in [3.8, 4) is 0 Å². The number of sulfone groups is 1. The Morgan fingerprint density at radius 1 is 1.00 bits per heavy atom. The standard InChI is InChI=1S/C11H6BrCl2NO2S/c12-11-6-9(1-2-15-11)18(16,17)10-4-7(13)3-8(14)5-10/h1-6H. The molecule has 0 atom stereocenters. The van der Waals surface area contributed by atoms with Gasteiger partial charge in [0.05, 0.1) is 9.79 Å². The molecule has 0 radical (unpaired) electrons. The summed E-state index contributed by atoms with van der Waals surface area (Å²) in [4.78, 5) is 4.06. The molecule has 2 aromatic rings. The van der Waals surface area contributed by atoms with Gasteiger partial charge in [0.1, 0.15) is 4.60 Å². The lowest BCUT2D eigenvalue weighted by molar-refractivity contribution is 0.596. The summed E-state index contributed by atoms with van der Waals surface area (Å²) in [5, 5.41) is 0.545. The molecular formula is C11H6BrCl2NO2S. The number of halogens is 3. The van der Waals surface area contributed by atoms with E-state index in [1.165, 1.54) is 36.5 Å². The van der Waals surface area contributed by atoms with Gasteiger partial charge in [0.15, 0.2) is 0 Å². The largest absolute Gasteiger partial charge is 0.249 e. The van der Waals surface area contributed by atoms with Gasteiger partial charge < -0.3 is 0 Å². The van der Waals surface area contributed by atoms with Crippen LogP contribution in [0.2, 0.25) is 10.0 Å².